The first-order chi connectivity index (χ1) is 12.9. The number of benzene rings is 1. The predicted molar refractivity (Wildman–Crippen MR) is 101 cm³/mol. The summed E-state index contributed by atoms with van der Waals surface area (Å²) < 4.78 is 32.4. The molecule has 150 valence electrons. The largest absolute Gasteiger partial charge is 0.396 e. The number of ether oxygens (including phenoxy) is 1. The van der Waals surface area contributed by atoms with E-state index in [9.17, 15) is 18.3 Å². The highest BCUT2D eigenvalue weighted by molar-refractivity contribution is 7.89. The van der Waals surface area contributed by atoms with E-state index in [4.69, 9.17) is 4.74 Å². The maximum atomic E-state index is 12.9. The van der Waals surface area contributed by atoms with E-state index >= 15 is 0 Å². The molecule has 0 aromatic heterocycles. The van der Waals surface area contributed by atoms with Crippen molar-refractivity contribution in [1.29, 1.82) is 0 Å². The number of rotatable bonds is 8. The zero-order chi connectivity index (χ0) is 19.5. The second-order valence-corrected chi connectivity index (χ2v) is 9.79. The van der Waals surface area contributed by atoms with Gasteiger partial charge in [-0.05, 0) is 37.5 Å². The predicted octanol–water partition coefficient (Wildman–Crippen LogP) is 1.24. The van der Waals surface area contributed by atoms with Crippen LogP contribution in [0.25, 0.3) is 0 Å². The Labute approximate surface area is 160 Å². The lowest BCUT2D eigenvalue weighted by Gasteiger charge is -2.42. The molecule has 1 atom stereocenters. The van der Waals surface area contributed by atoms with Gasteiger partial charge in [0.1, 0.15) is 0 Å². The van der Waals surface area contributed by atoms with Gasteiger partial charge in [0, 0.05) is 50.2 Å². The number of hydrogen-bond acceptors (Lipinski definition) is 5. The van der Waals surface area contributed by atoms with Crippen LogP contribution < -0.4 is 5.32 Å². The van der Waals surface area contributed by atoms with Gasteiger partial charge in [-0.2, -0.15) is 0 Å². The number of nitrogens with zero attached hydrogens (tertiary/aromatic N) is 1. The minimum atomic E-state index is -3.72. The third-order valence-electron chi connectivity index (χ3n) is 5.69. The van der Waals surface area contributed by atoms with Crippen molar-refractivity contribution in [2.45, 2.75) is 30.6 Å². The average molecular weight is 397 g/mol. The van der Waals surface area contributed by atoms with Crippen molar-refractivity contribution in [3.8, 4) is 0 Å². The van der Waals surface area contributed by atoms with E-state index in [0.29, 0.717) is 24.6 Å². The summed E-state index contributed by atoms with van der Waals surface area (Å²) in [4.78, 5) is 12.5. The lowest BCUT2D eigenvalue weighted by Crippen LogP contribution is -2.45. The Morgan fingerprint density at radius 3 is 2.78 bits per heavy atom. The number of nitrogens with one attached hydrogen (secondary N) is 1. The van der Waals surface area contributed by atoms with Crippen LogP contribution in [-0.4, -0.2) is 63.7 Å². The Kier molecular flexibility index (Phi) is 6.20. The minimum Gasteiger partial charge on any atom is -0.396 e. The molecule has 1 heterocycles. The number of carbonyl (C=O) groups is 1. The smallest absolute Gasteiger partial charge is 0.251 e. The van der Waals surface area contributed by atoms with E-state index in [1.54, 1.807) is 12.1 Å². The number of sulfonamides is 1. The summed E-state index contributed by atoms with van der Waals surface area (Å²) in [6.07, 6.45) is 3.59. The molecule has 1 aromatic carbocycles. The Balaban J connectivity index is 1.68. The summed E-state index contributed by atoms with van der Waals surface area (Å²) in [6.45, 7) is 2.15. The lowest BCUT2D eigenvalue weighted by molar-refractivity contribution is 0.0311. The molecule has 2 N–H and O–H groups in total. The van der Waals surface area contributed by atoms with Gasteiger partial charge in [-0.25, -0.2) is 12.7 Å². The van der Waals surface area contributed by atoms with E-state index in [1.165, 1.54) is 23.5 Å². The van der Waals surface area contributed by atoms with Gasteiger partial charge in [-0.15, -0.1) is 0 Å². The van der Waals surface area contributed by atoms with Crippen molar-refractivity contribution < 1.29 is 23.1 Å². The van der Waals surface area contributed by atoms with E-state index in [1.807, 2.05) is 0 Å². The molecule has 8 heteroatoms. The maximum absolute atomic E-state index is 12.9. The topological polar surface area (TPSA) is 95.9 Å². The van der Waals surface area contributed by atoms with Crippen molar-refractivity contribution in [3.63, 3.8) is 0 Å². The standard InChI is InChI=1S/C19H28N2O5S/c1-21(13-19(14-22)7-3-8-19)27(24,25)17-5-2-4-16(10-17)18(23)20-11-15-6-9-26-12-15/h2,4-5,10,15,22H,3,6-9,11-14H2,1H3,(H,20,23). The summed E-state index contributed by atoms with van der Waals surface area (Å²) >= 11 is 0. The van der Waals surface area contributed by atoms with Crippen LogP contribution in [0.3, 0.4) is 0 Å². The fourth-order valence-electron chi connectivity index (χ4n) is 3.66. The SMILES string of the molecule is CN(CC1(CO)CCC1)S(=O)(=O)c1cccc(C(=O)NCC2CCOC2)c1. The molecular formula is C19H28N2O5S. The molecule has 1 aliphatic carbocycles. The summed E-state index contributed by atoms with van der Waals surface area (Å²) in [5, 5.41) is 12.5. The molecule has 27 heavy (non-hydrogen) atoms. The van der Waals surface area contributed by atoms with Crippen molar-refractivity contribution in [3.05, 3.63) is 29.8 Å². The van der Waals surface area contributed by atoms with Crippen LogP contribution in [0.15, 0.2) is 29.2 Å². The maximum Gasteiger partial charge on any atom is 0.251 e. The van der Waals surface area contributed by atoms with Crippen molar-refractivity contribution in [2.24, 2.45) is 11.3 Å². The molecule has 3 rings (SSSR count). The van der Waals surface area contributed by atoms with Crippen LogP contribution in [0.4, 0.5) is 0 Å². The molecule has 7 nitrogen and oxygen atoms in total. The molecule has 0 radical (unpaired) electrons. The number of aliphatic hydroxyl groups excluding tert-OH is 1. The van der Waals surface area contributed by atoms with E-state index in [0.717, 1.165) is 32.3 Å². The number of aliphatic hydroxyl groups is 1. The van der Waals surface area contributed by atoms with Crippen LogP contribution >= 0.6 is 0 Å². The van der Waals surface area contributed by atoms with E-state index in [2.05, 4.69) is 5.32 Å². The van der Waals surface area contributed by atoms with Gasteiger partial charge in [0.2, 0.25) is 10.0 Å². The molecule has 1 amide bonds. The molecular weight excluding hydrogens is 368 g/mol. The molecule has 1 aliphatic heterocycles. The van der Waals surface area contributed by atoms with Gasteiger partial charge in [-0.1, -0.05) is 12.5 Å². The first kappa shape index (κ1) is 20.3. The number of carbonyl (C=O) groups excluding carboxylic acids is 1. The van der Waals surface area contributed by atoms with Crippen molar-refractivity contribution >= 4 is 15.9 Å². The molecule has 1 aromatic rings. The Morgan fingerprint density at radius 2 is 2.19 bits per heavy atom. The quantitative estimate of drug-likeness (QED) is 0.689. The summed E-state index contributed by atoms with van der Waals surface area (Å²) in [7, 11) is -2.20. The van der Waals surface area contributed by atoms with Crippen LogP contribution in [0.5, 0.6) is 0 Å². The average Bonchev–Trinajstić information content (AvgIpc) is 3.16. The zero-order valence-corrected chi connectivity index (χ0v) is 16.5. The Morgan fingerprint density at radius 1 is 1.41 bits per heavy atom. The number of amides is 1. The van der Waals surface area contributed by atoms with Crippen molar-refractivity contribution in [1.82, 2.24) is 9.62 Å². The van der Waals surface area contributed by atoms with E-state index in [-0.39, 0.29) is 29.4 Å². The molecule has 1 unspecified atom stereocenters. The fourth-order valence-corrected chi connectivity index (χ4v) is 4.99. The van der Waals surface area contributed by atoms with Crippen molar-refractivity contribution in [2.75, 3.05) is 40.0 Å². The molecule has 2 fully saturated rings. The van der Waals surface area contributed by atoms with Crippen LogP contribution in [0.2, 0.25) is 0 Å². The van der Waals surface area contributed by atoms with Gasteiger partial charge in [0.05, 0.1) is 11.5 Å². The second kappa shape index (κ2) is 8.26. The van der Waals surface area contributed by atoms with Gasteiger partial charge in [0.25, 0.3) is 5.91 Å². The summed E-state index contributed by atoms with van der Waals surface area (Å²) in [6, 6.07) is 6.11. The van der Waals surface area contributed by atoms with E-state index < -0.39 is 10.0 Å². The normalized spacial score (nSPS) is 21.8. The highest BCUT2D eigenvalue weighted by Crippen LogP contribution is 2.41. The van der Waals surface area contributed by atoms with Gasteiger partial charge < -0.3 is 15.2 Å². The first-order valence-electron chi connectivity index (χ1n) is 9.40. The summed E-state index contributed by atoms with van der Waals surface area (Å²) in [5.41, 5.74) is -0.0101. The molecule has 0 bridgehead atoms. The molecule has 1 saturated carbocycles. The van der Waals surface area contributed by atoms with Crippen LogP contribution in [0.1, 0.15) is 36.0 Å². The lowest BCUT2D eigenvalue weighted by atomic mass is 9.69. The van der Waals surface area contributed by atoms with Gasteiger partial charge in [0.15, 0.2) is 0 Å². The minimum absolute atomic E-state index is 0.0137. The third-order valence-corrected chi connectivity index (χ3v) is 7.49. The molecule has 2 aliphatic rings. The second-order valence-electron chi connectivity index (χ2n) is 7.74. The number of hydrogen-bond donors (Lipinski definition) is 2. The third kappa shape index (κ3) is 4.51. The monoisotopic (exact) mass is 396 g/mol. The zero-order valence-electron chi connectivity index (χ0n) is 15.7. The fraction of sp³-hybridized carbons (Fsp3) is 0.632. The molecule has 0 spiro atoms. The molecule has 1 saturated heterocycles. The van der Waals surface area contributed by atoms with Gasteiger partial charge >= 0.3 is 0 Å². The highest BCUT2D eigenvalue weighted by Gasteiger charge is 2.39. The van der Waals surface area contributed by atoms with Gasteiger partial charge in [-0.3, -0.25) is 4.79 Å². The first-order valence-corrected chi connectivity index (χ1v) is 10.8. The Hall–Kier alpha value is -1.48. The highest BCUT2D eigenvalue weighted by atomic mass is 32.2. The van der Waals surface area contributed by atoms with Crippen LogP contribution in [0, 0.1) is 11.3 Å². The van der Waals surface area contributed by atoms with Crippen LogP contribution in [-0.2, 0) is 14.8 Å². The Bertz CT molecular complexity index is 765. The summed E-state index contributed by atoms with van der Waals surface area (Å²) in [5.74, 6) is 0.0246.